The van der Waals surface area contributed by atoms with Crippen molar-refractivity contribution in [2.45, 2.75) is 120 Å². The fourth-order valence-corrected chi connectivity index (χ4v) is 16.8. The van der Waals surface area contributed by atoms with Gasteiger partial charge in [-0.2, -0.15) is 0 Å². The van der Waals surface area contributed by atoms with Gasteiger partial charge in [-0.25, -0.2) is 30.4 Å². The van der Waals surface area contributed by atoms with E-state index in [-0.39, 0.29) is 39.9 Å². The quantitative estimate of drug-likeness (QED) is 0.0615. The summed E-state index contributed by atoms with van der Waals surface area (Å²) in [7, 11) is -3.77. The van der Waals surface area contributed by atoms with Crippen molar-refractivity contribution in [3.05, 3.63) is 148 Å². The molecule has 16 nitrogen and oxygen atoms in total. The molecule has 3 aliphatic rings. The Hall–Kier alpha value is -6.43. The number of benzene rings is 5. The SMILES string of the molecule is CN[C@H](CCN1CCC(C(=O)OC)CC1)CSc1ccccc1.Cc1c(S(C)(=O)=O)c(-c2cc(F)cc(N3CCN(C(=O)OC(C)(C)C)CC3)c2)c(-c2ccc(Cl)cc2)n1C(C)C.Cc1c(S(C)(=O)=O)c(-c2cc(F)cc(N3CCNCC3)c2)c(-c2ccc(Cl)cc2)n1C(C)C. The molecule has 520 valence electrons. The van der Waals surface area contributed by atoms with E-state index in [0.717, 1.165) is 93.3 Å². The molecule has 2 aromatic heterocycles. The fourth-order valence-electron chi connectivity index (χ4n) is 13.0. The first-order valence-corrected chi connectivity index (χ1v) is 38.3. The Balaban J connectivity index is 0.000000191. The van der Waals surface area contributed by atoms with E-state index in [4.69, 9.17) is 32.7 Å². The maximum absolute atomic E-state index is 15.3. The standard InChI is InChI=1S/C30H37ClFN3O4S.C25H29ClFN3O2S.C18H28N2O2S/c1-19(2)35-20(3)28(40(7,37)38)26(27(35)21-8-10-23(31)11-9-21)22-16-24(32)18-25(17-22)33-12-14-34(15-13-33)29(36)39-30(4,5)6;1-16(2)30-17(3)25(33(4,31)32)23(24(30)18-5-7-20(26)8-6-18)19-13-21(27)15-22(14-19)29-11-9-28-10-12-29;1-19-16(14-23-17-6-4-3-5-7-17)10-13-20-11-8-15(9-12-20)18(21)22-2/h8-11,16-19H,12-15H2,1-7H3;5-8,13-16,28H,9-12H2,1-4H3;3-7,15-16,19H,8-14H2,1-2H3/t;;16-/m..1/s1. The van der Waals surface area contributed by atoms with Crippen molar-refractivity contribution in [3.63, 3.8) is 0 Å². The van der Waals surface area contributed by atoms with Gasteiger partial charge in [-0.05, 0) is 203 Å². The maximum atomic E-state index is 15.3. The van der Waals surface area contributed by atoms with Crippen LogP contribution in [-0.4, -0.2) is 164 Å². The normalized spacial score (nSPS) is 15.5. The lowest BCUT2D eigenvalue weighted by Crippen LogP contribution is -2.50. The van der Waals surface area contributed by atoms with Crippen molar-refractivity contribution in [1.82, 2.24) is 29.6 Å². The number of methoxy groups -OCH3 is 1. The summed E-state index contributed by atoms with van der Waals surface area (Å²) in [6.45, 7) is 25.2. The molecule has 3 aliphatic heterocycles. The first-order chi connectivity index (χ1) is 45.4. The molecule has 0 unspecified atom stereocenters. The lowest BCUT2D eigenvalue weighted by Gasteiger charge is -2.37. The minimum Gasteiger partial charge on any atom is -0.469 e. The number of esters is 1. The van der Waals surface area contributed by atoms with Crippen LogP contribution < -0.4 is 20.4 Å². The third-order valence-electron chi connectivity index (χ3n) is 17.4. The average Bonchev–Trinajstić information content (AvgIpc) is 1.58. The molecule has 2 N–H and O–H groups in total. The molecule has 10 rings (SSSR count). The summed E-state index contributed by atoms with van der Waals surface area (Å²) in [5.74, 6) is 0.275. The van der Waals surface area contributed by atoms with E-state index < -0.39 is 36.9 Å². The molecule has 3 fully saturated rings. The van der Waals surface area contributed by atoms with Gasteiger partial charge in [-0.3, -0.25) is 4.79 Å². The smallest absolute Gasteiger partial charge is 0.410 e. The molecule has 5 heterocycles. The number of nitrogens with zero attached hydrogens (tertiary/aromatic N) is 6. The van der Waals surface area contributed by atoms with Gasteiger partial charge >= 0.3 is 12.1 Å². The molecular weight excluding hydrogens is 1320 g/mol. The average molecular weight is 1420 g/mol. The Kier molecular flexibility index (Phi) is 25.9. The number of likely N-dealkylation sites (tertiary alicyclic amines) is 1. The highest BCUT2D eigenvalue weighted by Crippen LogP contribution is 2.47. The molecule has 0 spiro atoms. The second-order valence-electron chi connectivity index (χ2n) is 26.4. The van der Waals surface area contributed by atoms with E-state index in [1.165, 1.54) is 48.8 Å². The molecule has 0 radical (unpaired) electrons. The molecule has 1 atom stereocenters. The van der Waals surface area contributed by atoms with Crippen molar-refractivity contribution in [2.75, 3.05) is 114 Å². The van der Waals surface area contributed by atoms with Crippen molar-refractivity contribution in [3.8, 4) is 44.8 Å². The monoisotopic (exact) mass is 1410 g/mol. The van der Waals surface area contributed by atoms with E-state index in [2.05, 4.69) is 50.8 Å². The van der Waals surface area contributed by atoms with Crippen LogP contribution in [0.2, 0.25) is 10.0 Å². The van der Waals surface area contributed by atoms with Crippen molar-refractivity contribution >= 4 is 78.1 Å². The number of ether oxygens (including phenoxy) is 2. The van der Waals surface area contributed by atoms with E-state index in [1.807, 2.05) is 125 Å². The second-order valence-corrected chi connectivity index (χ2v) is 32.3. The first kappa shape index (κ1) is 75.3. The van der Waals surface area contributed by atoms with Crippen LogP contribution in [0.4, 0.5) is 25.0 Å². The van der Waals surface area contributed by atoms with Crippen LogP contribution in [0, 0.1) is 31.4 Å². The summed E-state index contributed by atoms with van der Waals surface area (Å²) in [5.41, 5.74) is 7.08. The molecule has 1 amide bonds. The highest BCUT2D eigenvalue weighted by molar-refractivity contribution is 7.99. The van der Waals surface area contributed by atoms with Gasteiger partial charge in [0.25, 0.3) is 0 Å². The molecular formula is C73H94Cl2F2N8O8S3. The van der Waals surface area contributed by atoms with Gasteiger partial charge in [0.1, 0.15) is 17.2 Å². The van der Waals surface area contributed by atoms with Crippen LogP contribution in [0.1, 0.15) is 91.2 Å². The number of piperidine rings is 1. The summed E-state index contributed by atoms with van der Waals surface area (Å²) < 4.78 is 97.0. The Morgan fingerprint density at radius 1 is 0.646 bits per heavy atom. The number of nitrogens with one attached hydrogen (secondary N) is 2. The summed E-state index contributed by atoms with van der Waals surface area (Å²) in [5, 5.41) is 7.88. The van der Waals surface area contributed by atoms with Crippen LogP contribution in [0.15, 0.2) is 130 Å². The lowest BCUT2D eigenvalue weighted by molar-refractivity contribution is -0.147. The van der Waals surface area contributed by atoms with Crippen molar-refractivity contribution in [1.29, 1.82) is 0 Å². The number of halogens is 4. The molecule has 3 saturated heterocycles. The minimum atomic E-state index is -3.69. The first-order valence-electron chi connectivity index (χ1n) is 32.7. The lowest BCUT2D eigenvalue weighted by atomic mass is 9.97. The molecule has 23 heteroatoms. The zero-order valence-electron chi connectivity index (χ0n) is 57.6. The highest BCUT2D eigenvalue weighted by Gasteiger charge is 2.34. The molecule has 96 heavy (non-hydrogen) atoms. The molecule has 0 bridgehead atoms. The number of thioether (sulfide) groups is 1. The largest absolute Gasteiger partial charge is 0.469 e. The van der Waals surface area contributed by atoms with E-state index in [9.17, 15) is 30.8 Å². The number of anilines is 2. The van der Waals surface area contributed by atoms with E-state index >= 15 is 4.39 Å². The van der Waals surface area contributed by atoms with Crippen LogP contribution in [0.3, 0.4) is 0 Å². The Labute approximate surface area is 581 Å². The van der Waals surface area contributed by atoms with Gasteiger partial charge in [-0.15, -0.1) is 11.8 Å². The van der Waals surface area contributed by atoms with Gasteiger partial charge in [0, 0.05) is 138 Å². The molecule has 0 saturated carbocycles. The Morgan fingerprint density at radius 2 is 1.09 bits per heavy atom. The van der Waals surface area contributed by atoms with Gasteiger partial charge in [0.15, 0.2) is 19.7 Å². The number of carbonyl (C=O) groups excluding carboxylic acids is 2. The number of rotatable bonds is 18. The zero-order chi connectivity index (χ0) is 70.0. The molecule has 5 aromatic carbocycles. The highest BCUT2D eigenvalue weighted by atomic mass is 35.5. The Bertz CT molecular complexity index is 4030. The van der Waals surface area contributed by atoms with Crippen molar-refractivity contribution in [2.24, 2.45) is 5.92 Å². The number of hydrogen-bond acceptors (Lipinski definition) is 14. The second kappa shape index (κ2) is 33.0. The number of sulfone groups is 2. The van der Waals surface area contributed by atoms with Crippen molar-refractivity contribution < 1.29 is 44.7 Å². The summed E-state index contributed by atoms with van der Waals surface area (Å²) in [4.78, 5) is 34.1. The number of hydrogen-bond donors (Lipinski definition) is 2. The number of carbonyl (C=O) groups is 2. The van der Waals surface area contributed by atoms with Gasteiger partial charge < -0.3 is 48.8 Å². The third kappa shape index (κ3) is 19.3. The predicted molar refractivity (Wildman–Crippen MR) is 388 cm³/mol. The molecule has 0 aliphatic carbocycles. The minimum absolute atomic E-state index is 0.00822. The predicted octanol–water partition coefficient (Wildman–Crippen LogP) is 14.9. The maximum Gasteiger partial charge on any atom is 0.410 e. The summed E-state index contributed by atoms with van der Waals surface area (Å²) in [6.07, 6.45) is 5.02. The third-order valence-corrected chi connectivity index (χ3v) is 21.6. The van der Waals surface area contributed by atoms with E-state index in [1.54, 1.807) is 36.1 Å². The molecule has 7 aromatic rings. The van der Waals surface area contributed by atoms with Gasteiger partial charge in [-0.1, -0.05) is 65.7 Å². The van der Waals surface area contributed by atoms with E-state index in [0.29, 0.717) is 87.3 Å². The van der Waals surface area contributed by atoms with Crippen LogP contribution in [0.5, 0.6) is 0 Å². The number of aromatic nitrogens is 2. The van der Waals surface area contributed by atoms with Crippen LogP contribution in [-0.2, 0) is 33.9 Å². The summed E-state index contributed by atoms with van der Waals surface area (Å²) >= 11 is 14.2. The topological polar surface area (TPSA) is 168 Å². The van der Waals surface area contributed by atoms with Crippen LogP contribution in [0.25, 0.3) is 44.8 Å². The Morgan fingerprint density at radius 3 is 1.50 bits per heavy atom. The van der Waals surface area contributed by atoms with Gasteiger partial charge in [0.05, 0.1) is 34.2 Å². The van der Waals surface area contributed by atoms with Crippen LogP contribution >= 0.6 is 35.0 Å². The number of piperazine rings is 2. The summed E-state index contributed by atoms with van der Waals surface area (Å²) in [6, 6.07) is 35.0. The number of amides is 1. The zero-order valence-corrected chi connectivity index (χ0v) is 61.5. The fraction of sp³-hybridized carbons (Fsp3) is 0.452. The van der Waals surface area contributed by atoms with Gasteiger partial charge in [0.2, 0.25) is 0 Å².